The molecule has 170 valence electrons. The molecular formula is C22H30N2O7. The number of imide groups is 1. The molecule has 1 atom stereocenters. The zero-order valence-corrected chi connectivity index (χ0v) is 18.8. The number of carbonyl (C=O) groups excluding carboxylic acids is 5. The van der Waals surface area contributed by atoms with E-state index >= 15 is 0 Å². The van der Waals surface area contributed by atoms with Crippen molar-refractivity contribution in [2.24, 2.45) is 0 Å². The Morgan fingerprint density at radius 3 is 2.35 bits per heavy atom. The third-order valence-electron chi connectivity index (χ3n) is 4.09. The van der Waals surface area contributed by atoms with Crippen LogP contribution in [0.2, 0.25) is 0 Å². The molecule has 0 radical (unpaired) electrons. The molecule has 1 heterocycles. The van der Waals surface area contributed by atoms with Gasteiger partial charge in [0.1, 0.15) is 23.7 Å². The number of nitrogens with one attached hydrogen (secondary N) is 1. The van der Waals surface area contributed by atoms with Crippen molar-refractivity contribution in [3.8, 4) is 5.75 Å². The van der Waals surface area contributed by atoms with Crippen LogP contribution >= 0.6 is 0 Å². The first-order chi connectivity index (χ1) is 14.6. The fourth-order valence-electron chi connectivity index (χ4n) is 2.95. The minimum Gasteiger partial charge on any atom is -0.481 e. The summed E-state index contributed by atoms with van der Waals surface area (Å²) in [5, 5.41) is 2.40. The Labute approximate surface area is 182 Å². The first-order valence-electron chi connectivity index (χ1n) is 10.1. The number of hydrogen-bond donors (Lipinski definition) is 1. The van der Waals surface area contributed by atoms with Gasteiger partial charge in [-0.1, -0.05) is 19.9 Å². The lowest BCUT2D eigenvalue weighted by atomic mass is 10.1. The van der Waals surface area contributed by atoms with Gasteiger partial charge in [0, 0.05) is 13.5 Å². The largest absolute Gasteiger partial charge is 0.481 e. The molecule has 1 aliphatic rings. The van der Waals surface area contributed by atoms with Gasteiger partial charge in [-0.05, 0) is 39.3 Å². The smallest absolute Gasteiger partial charge is 0.344 e. The lowest BCUT2D eigenvalue weighted by Gasteiger charge is -2.24. The van der Waals surface area contributed by atoms with Crippen LogP contribution in [0.15, 0.2) is 18.2 Å². The molecule has 0 saturated heterocycles. The minimum atomic E-state index is -1.13. The van der Waals surface area contributed by atoms with Crippen molar-refractivity contribution >= 4 is 30.0 Å². The summed E-state index contributed by atoms with van der Waals surface area (Å²) in [4.78, 5) is 61.4. The normalized spacial score (nSPS) is 13.5. The highest BCUT2D eigenvalue weighted by Gasteiger charge is 2.44. The van der Waals surface area contributed by atoms with E-state index in [0.717, 1.165) is 4.90 Å². The maximum Gasteiger partial charge on any atom is 0.344 e. The van der Waals surface area contributed by atoms with Crippen LogP contribution in [0.3, 0.4) is 0 Å². The van der Waals surface area contributed by atoms with Crippen molar-refractivity contribution in [1.82, 2.24) is 10.2 Å². The molecule has 1 unspecified atom stereocenters. The number of rotatable bonds is 8. The summed E-state index contributed by atoms with van der Waals surface area (Å²) in [6.45, 7) is 8.69. The van der Waals surface area contributed by atoms with Crippen LogP contribution in [0.1, 0.15) is 68.2 Å². The molecule has 0 fully saturated rings. The van der Waals surface area contributed by atoms with Crippen LogP contribution in [0.4, 0.5) is 0 Å². The van der Waals surface area contributed by atoms with Crippen molar-refractivity contribution in [3.63, 3.8) is 0 Å². The second-order valence-electron chi connectivity index (χ2n) is 7.41. The second kappa shape index (κ2) is 11.2. The van der Waals surface area contributed by atoms with Crippen molar-refractivity contribution in [2.75, 3.05) is 13.7 Å². The topological polar surface area (TPSA) is 119 Å². The summed E-state index contributed by atoms with van der Waals surface area (Å²) in [6, 6.07) is 3.28. The molecule has 3 amide bonds. The number of hydrogen-bond acceptors (Lipinski definition) is 7. The number of esters is 1. The average Bonchev–Trinajstić information content (AvgIpc) is 2.98. The molecule has 0 aliphatic carbocycles. The molecule has 31 heavy (non-hydrogen) atoms. The van der Waals surface area contributed by atoms with Crippen LogP contribution < -0.4 is 10.1 Å². The van der Waals surface area contributed by atoms with Gasteiger partial charge in [-0.25, -0.2) is 4.79 Å². The van der Waals surface area contributed by atoms with Crippen LogP contribution in [0.5, 0.6) is 5.75 Å². The highest BCUT2D eigenvalue weighted by atomic mass is 16.6. The molecule has 0 bridgehead atoms. The van der Waals surface area contributed by atoms with Crippen LogP contribution in [0, 0.1) is 0 Å². The highest BCUT2D eigenvalue weighted by Crippen LogP contribution is 2.33. The molecule has 1 N–H and O–H groups in total. The number of likely N-dealkylation sites (N-methyl/N-ethyl adjacent to an activating group) is 1. The van der Waals surface area contributed by atoms with Gasteiger partial charge in [0.25, 0.3) is 11.8 Å². The summed E-state index contributed by atoms with van der Waals surface area (Å²) in [5.74, 6) is -2.52. The lowest BCUT2D eigenvalue weighted by Crippen LogP contribution is -2.48. The van der Waals surface area contributed by atoms with Gasteiger partial charge < -0.3 is 19.6 Å². The Morgan fingerprint density at radius 1 is 1.16 bits per heavy atom. The molecule has 1 aromatic rings. The Balaban J connectivity index is 0.00000233. The summed E-state index contributed by atoms with van der Waals surface area (Å²) < 4.78 is 10.6. The predicted molar refractivity (Wildman–Crippen MR) is 113 cm³/mol. The van der Waals surface area contributed by atoms with Gasteiger partial charge in [0.05, 0.1) is 11.1 Å². The summed E-state index contributed by atoms with van der Waals surface area (Å²) in [6.07, 6.45) is 0.625. The first-order valence-corrected chi connectivity index (χ1v) is 10.1. The Bertz CT molecular complexity index is 843. The molecule has 9 heteroatoms. The quantitative estimate of drug-likeness (QED) is 0.378. The number of aldehydes is 1. The van der Waals surface area contributed by atoms with E-state index in [0.29, 0.717) is 6.29 Å². The van der Waals surface area contributed by atoms with Gasteiger partial charge in [-0.3, -0.25) is 19.3 Å². The highest BCUT2D eigenvalue weighted by molar-refractivity contribution is 6.24. The van der Waals surface area contributed by atoms with Crippen molar-refractivity contribution in [3.05, 3.63) is 29.3 Å². The molecule has 0 spiro atoms. The van der Waals surface area contributed by atoms with Crippen molar-refractivity contribution in [2.45, 2.75) is 59.1 Å². The van der Waals surface area contributed by atoms with Gasteiger partial charge in [0.15, 0.2) is 6.61 Å². The lowest BCUT2D eigenvalue weighted by molar-refractivity contribution is -0.157. The number of nitrogens with zero attached hydrogens (tertiary/aromatic N) is 1. The molecule has 2 rings (SSSR count). The fourth-order valence-corrected chi connectivity index (χ4v) is 2.95. The number of benzene rings is 1. The van der Waals surface area contributed by atoms with E-state index in [1.807, 2.05) is 13.8 Å². The zero-order valence-electron chi connectivity index (χ0n) is 18.8. The molecule has 0 aromatic heterocycles. The van der Waals surface area contributed by atoms with E-state index in [2.05, 4.69) is 5.32 Å². The predicted octanol–water partition coefficient (Wildman–Crippen LogP) is 2.12. The van der Waals surface area contributed by atoms with E-state index < -0.39 is 41.9 Å². The summed E-state index contributed by atoms with van der Waals surface area (Å²) in [5.41, 5.74) is -0.654. The van der Waals surface area contributed by atoms with Gasteiger partial charge in [-0.15, -0.1) is 0 Å². The first kappa shape index (κ1) is 25.8. The Kier molecular flexibility index (Phi) is 9.36. The Hall–Kier alpha value is -3.23. The van der Waals surface area contributed by atoms with Crippen molar-refractivity contribution in [1.29, 1.82) is 0 Å². The SMILES string of the molecule is CC.CNC(=O)C(CCC=O)N1C(=O)c2cccc(OCC(=O)OC(C)(C)C)c2C1=O. The standard InChI is InChI=1S/C20H24N2O7.C2H6/c1-20(2,3)29-15(24)11-28-14-9-5-7-12-16(14)19(27)22(18(12)26)13(8-6-10-23)17(25)21-4;1-2/h5,7,9-10,13H,6,8,11H2,1-4H3,(H,21,25);1-2H3. The molecule has 1 aliphatic heterocycles. The molecule has 9 nitrogen and oxygen atoms in total. The van der Waals surface area contributed by atoms with E-state index in [-0.39, 0.29) is 29.7 Å². The van der Waals surface area contributed by atoms with Crippen LogP contribution in [0.25, 0.3) is 0 Å². The number of ether oxygens (including phenoxy) is 2. The van der Waals surface area contributed by atoms with Gasteiger partial charge in [0.2, 0.25) is 5.91 Å². The van der Waals surface area contributed by atoms with Crippen molar-refractivity contribution < 1.29 is 33.4 Å². The van der Waals surface area contributed by atoms with Crippen LogP contribution in [-0.2, 0) is 19.1 Å². The van der Waals surface area contributed by atoms with E-state index in [1.54, 1.807) is 20.8 Å². The molecule has 1 aromatic carbocycles. The van der Waals surface area contributed by atoms with E-state index in [9.17, 15) is 24.0 Å². The number of carbonyl (C=O) groups is 5. The number of fused-ring (bicyclic) bond motifs is 1. The van der Waals surface area contributed by atoms with Gasteiger partial charge >= 0.3 is 5.97 Å². The third-order valence-corrected chi connectivity index (χ3v) is 4.09. The minimum absolute atomic E-state index is 0.00272. The van der Waals surface area contributed by atoms with Gasteiger partial charge in [-0.2, -0.15) is 0 Å². The third kappa shape index (κ3) is 6.37. The fraction of sp³-hybridized carbons (Fsp3) is 0.500. The monoisotopic (exact) mass is 434 g/mol. The maximum absolute atomic E-state index is 13.0. The summed E-state index contributed by atoms with van der Waals surface area (Å²) >= 11 is 0. The number of amides is 3. The van der Waals surface area contributed by atoms with Crippen LogP contribution in [-0.4, -0.2) is 60.2 Å². The van der Waals surface area contributed by atoms with E-state index in [4.69, 9.17) is 9.47 Å². The Morgan fingerprint density at radius 2 is 1.81 bits per heavy atom. The van der Waals surface area contributed by atoms with E-state index in [1.165, 1.54) is 25.2 Å². The molecular weight excluding hydrogens is 404 g/mol. The maximum atomic E-state index is 13.0. The average molecular weight is 434 g/mol. The second-order valence-corrected chi connectivity index (χ2v) is 7.41. The zero-order chi connectivity index (χ0) is 23.8. The molecule has 0 saturated carbocycles. The summed E-state index contributed by atoms with van der Waals surface area (Å²) in [7, 11) is 1.38.